The summed E-state index contributed by atoms with van der Waals surface area (Å²) in [5, 5.41) is 22.5. The summed E-state index contributed by atoms with van der Waals surface area (Å²) < 4.78 is 10.9. The largest absolute Gasteiger partial charge is 0.342 e. The van der Waals surface area contributed by atoms with Crippen LogP contribution in [-0.4, -0.2) is 31.9 Å². The van der Waals surface area contributed by atoms with Crippen LogP contribution < -0.4 is 16.0 Å². The van der Waals surface area contributed by atoms with E-state index in [0.29, 0.717) is 5.69 Å². The first-order chi connectivity index (χ1) is 11.9. The molecule has 3 rings (SSSR count). The number of amidine groups is 1. The van der Waals surface area contributed by atoms with Crippen molar-refractivity contribution in [1.29, 1.82) is 10.5 Å². The second kappa shape index (κ2) is 5.28. The highest BCUT2D eigenvalue weighted by molar-refractivity contribution is 5.95. The number of carbonyl (C=O) groups is 1. The van der Waals surface area contributed by atoms with E-state index < -0.39 is 22.7 Å². The van der Waals surface area contributed by atoms with Crippen molar-refractivity contribution in [3.05, 3.63) is 29.8 Å². The maximum Gasteiger partial charge on any atom is 0.342 e. The highest BCUT2D eigenvalue weighted by atomic mass is 16.7. The van der Waals surface area contributed by atoms with Gasteiger partial charge in [-0.15, -0.1) is 0 Å². The standard InChI is InChI=1S/C17H17N5O3/c1-10(23)21-12-6-4-11(5-7-12)13-15(8-18)14(20)22-17(24-2,25-3)16(13,15)9-19/h4-7,13H,1-3H3,(H2,20,22)(H,21,23)/p+1/t13-,15+,16+/m0/s1. The molecule has 2 aliphatic rings. The van der Waals surface area contributed by atoms with Crippen molar-refractivity contribution in [2.24, 2.45) is 16.6 Å². The number of nitrogens with zero attached hydrogens (tertiary/aromatic N) is 2. The molecule has 1 heterocycles. The first-order valence-corrected chi connectivity index (χ1v) is 7.60. The molecular weight excluding hydrogens is 322 g/mol. The Labute approximate surface area is 144 Å². The van der Waals surface area contributed by atoms with Gasteiger partial charge in [0.25, 0.3) is 5.84 Å². The van der Waals surface area contributed by atoms with Crippen molar-refractivity contribution in [2.45, 2.75) is 18.8 Å². The molecule has 3 atom stereocenters. The molecule has 128 valence electrons. The third kappa shape index (κ3) is 1.75. The van der Waals surface area contributed by atoms with Gasteiger partial charge in [0.15, 0.2) is 10.8 Å². The Morgan fingerprint density at radius 2 is 1.84 bits per heavy atom. The second-order valence-electron chi connectivity index (χ2n) is 6.14. The minimum atomic E-state index is -1.51. The summed E-state index contributed by atoms with van der Waals surface area (Å²) in [4.78, 5) is 14.0. The Morgan fingerprint density at radius 3 is 2.28 bits per heavy atom. The summed E-state index contributed by atoms with van der Waals surface area (Å²) in [5.74, 6) is -2.07. The maximum absolute atomic E-state index is 11.1. The Balaban J connectivity index is 2.10. The van der Waals surface area contributed by atoms with Gasteiger partial charge in [-0.2, -0.15) is 10.5 Å². The van der Waals surface area contributed by atoms with Crippen molar-refractivity contribution in [3.8, 4) is 12.1 Å². The van der Waals surface area contributed by atoms with Crippen LogP contribution in [0.25, 0.3) is 0 Å². The molecule has 1 amide bonds. The van der Waals surface area contributed by atoms with Crippen molar-refractivity contribution < 1.29 is 19.3 Å². The van der Waals surface area contributed by atoms with Crippen molar-refractivity contribution >= 4 is 17.4 Å². The number of fused-ring (bicyclic) bond motifs is 1. The van der Waals surface area contributed by atoms with Gasteiger partial charge in [0, 0.05) is 32.7 Å². The van der Waals surface area contributed by atoms with Crippen LogP contribution in [0.5, 0.6) is 0 Å². The van der Waals surface area contributed by atoms with Gasteiger partial charge in [0.1, 0.15) is 0 Å². The fourth-order valence-electron chi connectivity index (χ4n) is 4.08. The first kappa shape index (κ1) is 16.9. The minimum absolute atomic E-state index is 0.149. The predicted octanol–water partition coefficient (Wildman–Crippen LogP) is -0.840. The maximum atomic E-state index is 11.1. The highest BCUT2D eigenvalue weighted by Gasteiger charge is 2.96. The number of ether oxygens (including phenoxy) is 2. The molecule has 1 aliphatic carbocycles. The van der Waals surface area contributed by atoms with E-state index in [-0.39, 0.29) is 11.7 Å². The Kier molecular flexibility index (Phi) is 3.57. The summed E-state index contributed by atoms with van der Waals surface area (Å²) in [7, 11) is 2.79. The summed E-state index contributed by atoms with van der Waals surface area (Å²) in [6, 6.07) is 11.4. The van der Waals surface area contributed by atoms with Crippen LogP contribution in [0.15, 0.2) is 24.3 Å². The van der Waals surface area contributed by atoms with E-state index in [1.54, 1.807) is 24.3 Å². The molecular formula is C17H18N5O3+. The van der Waals surface area contributed by atoms with Crippen LogP contribution in [0.1, 0.15) is 18.4 Å². The first-order valence-electron chi connectivity index (χ1n) is 7.60. The fraction of sp³-hybridized carbons (Fsp3) is 0.412. The number of nitriles is 2. The lowest BCUT2D eigenvalue weighted by Gasteiger charge is -2.26. The van der Waals surface area contributed by atoms with Gasteiger partial charge in [-0.3, -0.25) is 10.5 Å². The number of hydrogen-bond acceptors (Lipinski definition) is 6. The van der Waals surface area contributed by atoms with Crippen LogP contribution in [0, 0.1) is 33.5 Å². The van der Waals surface area contributed by atoms with Crippen LogP contribution in [0.4, 0.5) is 5.69 Å². The number of methoxy groups -OCH3 is 2. The number of benzene rings is 1. The third-order valence-corrected chi connectivity index (χ3v) is 5.14. The molecule has 1 aromatic rings. The quantitative estimate of drug-likeness (QED) is 0.612. The van der Waals surface area contributed by atoms with E-state index in [0.717, 1.165) is 5.56 Å². The molecule has 0 unspecified atom stereocenters. The molecule has 8 nitrogen and oxygen atoms in total. The molecule has 4 N–H and O–H groups in total. The molecule has 1 aliphatic heterocycles. The lowest BCUT2D eigenvalue weighted by atomic mass is 9.93. The molecule has 1 saturated carbocycles. The zero-order chi connectivity index (χ0) is 18.5. The number of carbonyl (C=O) groups excluding carboxylic acids is 1. The number of rotatable bonds is 4. The SMILES string of the molecule is COC1(OC)[NH+]=C(N)[C@@]2(C#N)[C@H](c3ccc(NC(C)=O)cc3)[C@@]12C#N. The minimum Gasteiger partial charge on any atom is -0.326 e. The average molecular weight is 340 g/mol. The molecule has 25 heavy (non-hydrogen) atoms. The molecule has 1 aromatic carbocycles. The smallest absolute Gasteiger partial charge is 0.326 e. The van der Waals surface area contributed by atoms with E-state index in [2.05, 4.69) is 22.4 Å². The summed E-state index contributed by atoms with van der Waals surface area (Å²) in [6.07, 6.45) is 0. The van der Waals surface area contributed by atoms with Crippen LogP contribution in [0.3, 0.4) is 0 Å². The van der Waals surface area contributed by atoms with E-state index in [9.17, 15) is 15.3 Å². The topological polar surface area (TPSA) is 135 Å². The zero-order valence-corrected chi connectivity index (χ0v) is 14.1. The number of hydrogen-bond donors (Lipinski definition) is 3. The molecule has 0 radical (unpaired) electrons. The van der Waals surface area contributed by atoms with Gasteiger partial charge in [-0.1, -0.05) is 12.1 Å². The average Bonchev–Trinajstić information content (AvgIpc) is 3.18. The molecule has 0 aromatic heterocycles. The third-order valence-electron chi connectivity index (χ3n) is 5.14. The van der Waals surface area contributed by atoms with Gasteiger partial charge >= 0.3 is 5.91 Å². The molecule has 1 fully saturated rings. The van der Waals surface area contributed by atoms with Crippen LogP contribution in [0.2, 0.25) is 0 Å². The number of amides is 1. The van der Waals surface area contributed by atoms with Gasteiger partial charge < -0.3 is 14.8 Å². The molecule has 0 bridgehead atoms. The van der Waals surface area contributed by atoms with Crippen molar-refractivity contribution in [2.75, 3.05) is 19.5 Å². The molecule has 0 spiro atoms. The highest BCUT2D eigenvalue weighted by Crippen LogP contribution is 2.78. The van der Waals surface area contributed by atoms with Crippen LogP contribution >= 0.6 is 0 Å². The molecule has 8 heteroatoms. The normalized spacial score (nSPS) is 31.2. The van der Waals surface area contributed by atoms with E-state index >= 15 is 0 Å². The Morgan fingerprint density at radius 1 is 1.24 bits per heavy atom. The van der Waals surface area contributed by atoms with Crippen molar-refractivity contribution in [3.63, 3.8) is 0 Å². The van der Waals surface area contributed by atoms with Crippen LogP contribution in [-0.2, 0) is 14.3 Å². The summed E-state index contributed by atoms with van der Waals surface area (Å²) in [6.45, 7) is 1.42. The van der Waals surface area contributed by atoms with Gasteiger partial charge in [0.05, 0.1) is 12.1 Å². The number of anilines is 1. The van der Waals surface area contributed by atoms with E-state index in [4.69, 9.17) is 15.2 Å². The number of nitrogens with one attached hydrogen (secondary N) is 2. The lowest BCUT2D eigenvalue weighted by molar-refractivity contribution is -0.687. The number of nitrogens with two attached hydrogens (primary N) is 1. The zero-order valence-electron chi connectivity index (χ0n) is 14.1. The Bertz CT molecular complexity index is 847. The van der Waals surface area contributed by atoms with Gasteiger partial charge in [0.2, 0.25) is 5.91 Å². The van der Waals surface area contributed by atoms with Crippen molar-refractivity contribution in [1.82, 2.24) is 0 Å². The summed E-state index contributed by atoms with van der Waals surface area (Å²) >= 11 is 0. The monoisotopic (exact) mass is 340 g/mol. The van der Waals surface area contributed by atoms with E-state index in [1.807, 2.05) is 0 Å². The Hall–Kier alpha value is -2.94. The fourth-order valence-corrected chi connectivity index (χ4v) is 4.08. The van der Waals surface area contributed by atoms with E-state index in [1.165, 1.54) is 21.1 Å². The lowest BCUT2D eigenvalue weighted by Crippen LogP contribution is -2.90. The summed E-state index contributed by atoms with van der Waals surface area (Å²) in [5.41, 5.74) is 4.87. The van der Waals surface area contributed by atoms with Gasteiger partial charge in [-0.25, -0.2) is 4.99 Å². The van der Waals surface area contributed by atoms with Gasteiger partial charge in [-0.05, 0) is 17.7 Å². The molecule has 0 saturated heterocycles. The predicted molar refractivity (Wildman–Crippen MR) is 86.5 cm³/mol. The second-order valence-corrected chi connectivity index (χ2v) is 6.14.